The van der Waals surface area contributed by atoms with Crippen molar-refractivity contribution < 1.29 is 4.79 Å². The smallest absolute Gasteiger partial charge is 0.222 e. The van der Waals surface area contributed by atoms with E-state index in [1.165, 1.54) is 0 Å². The van der Waals surface area contributed by atoms with Crippen molar-refractivity contribution in [2.75, 3.05) is 20.1 Å². The molecule has 2 aromatic rings. The summed E-state index contributed by atoms with van der Waals surface area (Å²) in [7, 11) is 2.12. The van der Waals surface area contributed by atoms with Gasteiger partial charge in [0.15, 0.2) is 5.15 Å². The predicted molar refractivity (Wildman–Crippen MR) is 88.0 cm³/mol. The van der Waals surface area contributed by atoms with Gasteiger partial charge in [0.25, 0.3) is 0 Å². The van der Waals surface area contributed by atoms with Gasteiger partial charge in [0.2, 0.25) is 5.91 Å². The number of aryl methyl sites for hydroxylation is 1. The SMILES string of the molecule is CN1CCC(NC(=O)CCn2nc(Cl)c3ccccc32)CC1. The van der Waals surface area contributed by atoms with Crippen LogP contribution in [0.1, 0.15) is 19.3 Å². The van der Waals surface area contributed by atoms with Crippen molar-refractivity contribution in [3.05, 3.63) is 29.4 Å². The maximum absolute atomic E-state index is 12.1. The van der Waals surface area contributed by atoms with Crippen molar-refractivity contribution in [3.8, 4) is 0 Å². The highest BCUT2D eigenvalue weighted by Gasteiger charge is 2.18. The number of nitrogens with one attached hydrogen (secondary N) is 1. The van der Waals surface area contributed by atoms with Gasteiger partial charge in [-0.3, -0.25) is 9.48 Å². The van der Waals surface area contributed by atoms with E-state index in [4.69, 9.17) is 11.6 Å². The Kier molecular flexibility index (Phi) is 4.64. The monoisotopic (exact) mass is 320 g/mol. The fourth-order valence-corrected chi connectivity index (χ4v) is 3.17. The number of piperidine rings is 1. The van der Waals surface area contributed by atoms with E-state index in [1.807, 2.05) is 28.9 Å². The highest BCUT2D eigenvalue weighted by molar-refractivity contribution is 6.34. The molecule has 6 heteroatoms. The summed E-state index contributed by atoms with van der Waals surface area (Å²) in [6, 6.07) is 8.12. The lowest BCUT2D eigenvalue weighted by Gasteiger charge is -2.29. The standard InChI is InChI=1S/C16H21ClN4O/c1-20-9-6-12(7-10-20)18-15(22)8-11-21-14-5-3-2-4-13(14)16(17)19-21/h2-5,12H,6-11H2,1H3,(H,18,22). The average molecular weight is 321 g/mol. The lowest BCUT2D eigenvalue weighted by molar-refractivity contribution is -0.122. The van der Waals surface area contributed by atoms with Gasteiger partial charge in [-0.25, -0.2) is 0 Å². The van der Waals surface area contributed by atoms with Gasteiger partial charge in [-0.15, -0.1) is 0 Å². The quantitative estimate of drug-likeness (QED) is 0.940. The number of carbonyl (C=O) groups excluding carboxylic acids is 1. The summed E-state index contributed by atoms with van der Waals surface area (Å²) in [4.78, 5) is 14.4. The molecule has 0 unspecified atom stereocenters. The molecule has 1 aromatic heterocycles. The zero-order chi connectivity index (χ0) is 15.5. The van der Waals surface area contributed by atoms with Crippen LogP contribution in [0.25, 0.3) is 10.9 Å². The van der Waals surface area contributed by atoms with Gasteiger partial charge in [-0.05, 0) is 45.1 Å². The molecule has 1 saturated heterocycles. The first-order valence-corrected chi connectivity index (χ1v) is 8.10. The van der Waals surface area contributed by atoms with Crippen molar-refractivity contribution in [3.63, 3.8) is 0 Å². The largest absolute Gasteiger partial charge is 0.353 e. The van der Waals surface area contributed by atoms with Crippen LogP contribution in [0.5, 0.6) is 0 Å². The number of aromatic nitrogens is 2. The number of likely N-dealkylation sites (tertiary alicyclic amines) is 1. The molecule has 1 N–H and O–H groups in total. The van der Waals surface area contributed by atoms with Crippen LogP contribution in [0, 0.1) is 0 Å². The highest BCUT2D eigenvalue weighted by Crippen LogP contribution is 2.22. The number of rotatable bonds is 4. The molecule has 22 heavy (non-hydrogen) atoms. The summed E-state index contributed by atoms with van der Waals surface area (Å²) in [6.45, 7) is 2.64. The highest BCUT2D eigenvalue weighted by atomic mass is 35.5. The lowest BCUT2D eigenvalue weighted by Crippen LogP contribution is -2.43. The third-order valence-electron chi connectivity index (χ3n) is 4.25. The summed E-state index contributed by atoms with van der Waals surface area (Å²) < 4.78 is 1.81. The molecule has 1 aliphatic rings. The van der Waals surface area contributed by atoms with Crippen molar-refractivity contribution in [1.29, 1.82) is 0 Å². The third kappa shape index (κ3) is 3.42. The van der Waals surface area contributed by atoms with Crippen LogP contribution in [0.2, 0.25) is 5.15 Å². The van der Waals surface area contributed by atoms with Crippen LogP contribution in [0.15, 0.2) is 24.3 Å². The molecule has 5 nitrogen and oxygen atoms in total. The van der Waals surface area contributed by atoms with E-state index in [0.29, 0.717) is 24.2 Å². The van der Waals surface area contributed by atoms with E-state index in [0.717, 1.165) is 36.8 Å². The number of hydrogen-bond donors (Lipinski definition) is 1. The van der Waals surface area contributed by atoms with Crippen molar-refractivity contribution in [2.45, 2.75) is 31.8 Å². The number of para-hydroxylation sites is 1. The Hall–Kier alpha value is -1.59. The minimum atomic E-state index is 0.0882. The number of fused-ring (bicyclic) bond motifs is 1. The number of halogens is 1. The van der Waals surface area contributed by atoms with E-state index in [9.17, 15) is 4.79 Å². The van der Waals surface area contributed by atoms with Crippen molar-refractivity contribution in [2.24, 2.45) is 0 Å². The van der Waals surface area contributed by atoms with Gasteiger partial charge in [0.1, 0.15) is 0 Å². The normalized spacial score (nSPS) is 17.0. The van der Waals surface area contributed by atoms with Crippen LogP contribution in [-0.4, -0.2) is 46.8 Å². The fraction of sp³-hybridized carbons (Fsp3) is 0.500. The lowest BCUT2D eigenvalue weighted by atomic mass is 10.1. The summed E-state index contributed by atoms with van der Waals surface area (Å²) in [6.07, 6.45) is 2.48. The second-order valence-electron chi connectivity index (χ2n) is 5.93. The average Bonchev–Trinajstić information content (AvgIpc) is 2.85. The maximum Gasteiger partial charge on any atom is 0.222 e. The summed E-state index contributed by atoms with van der Waals surface area (Å²) in [5.74, 6) is 0.0882. The number of nitrogens with zero attached hydrogens (tertiary/aromatic N) is 3. The van der Waals surface area contributed by atoms with Gasteiger partial charge < -0.3 is 10.2 Å². The number of amides is 1. The Morgan fingerprint density at radius 2 is 2.09 bits per heavy atom. The van der Waals surface area contributed by atoms with Gasteiger partial charge in [0.05, 0.1) is 12.1 Å². The predicted octanol–water partition coefficient (Wildman–Crippen LogP) is 2.29. The van der Waals surface area contributed by atoms with Crippen LogP contribution < -0.4 is 5.32 Å². The second-order valence-corrected chi connectivity index (χ2v) is 6.28. The van der Waals surface area contributed by atoms with E-state index < -0.39 is 0 Å². The molecular formula is C16H21ClN4O. The van der Waals surface area contributed by atoms with E-state index in [2.05, 4.69) is 22.4 Å². The Morgan fingerprint density at radius 3 is 2.86 bits per heavy atom. The molecule has 0 aliphatic carbocycles. The molecule has 3 rings (SSSR count). The molecule has 1 aromatic carbocycles. The molecule has 0 atom stereocenters. The second kappa shape index (κ2) is 6.67. The van der Waals surface area contributed by atoms with Crippen molar-refractivity contribution in [1.82, 2.24) is 20.0 Å². The van der Waals surface area contributed by atoms with E-state index in [1.54, 1.807) is 0 Å². The van der Waals surface area contributed by atoms with Crippen LogP contribution in [0.4, 0.5) is 0 Å². The molecule has 2 heterocycles. The fourth-order valence-electron chi connectivity index (χ4n) is 2.92. The molecule has 1 amide bonds. The Bertz CT molecular complexity index is 661. The van der Waals surface area contributed by atoms with E-state index >= 15 is 0 Å². The molecule has 0 saturated carbocycles. The number of benzene rings is 1. The molecule has 1 fully saturated rings. The summed E-state index contributed by atoms with van der Waals surface area (Å²) in [5.41, 5.74) is 0.972. The topological polar surface area (TPSA) is 50.2 Å². The third-order valence-corrected chi connectivity index (χ3v) is 4.53. The molecule has 1 aliphatic heterocycles. The molecule has 0 bridgehead atoms. The first-order chi connectivity index (χ1) is 10.6. The Labute approximate surface area is 135 Å². The summed E-state index contributed by atoms with van der Waals surface area (Å²) in [5, 5.41) is 8.86. The van der Waals surface area contributed by atoms with Gasteiger partial charge >= 0.3 is 0 Å². The van der Waals surface area contributed by atoms with E-state index in [-0.39, 0.29) is 5.91 Å². The Balaban J connectivity index is 1.56. The first kappa shape index (κ1) is 15.3. The number of hydrogen-bond acceptors (Lipinski definition) is 3. The first-order valence-electron chi connectivity index (χ1n) is 7.72. The summed E-state index contributed by atoms with van der Waals surface area (Å²) >= 11 is 6.13. The van der Waals surface area contributed by atoms with Gasteiger partial charge in [-0.1, -0.05) is 23.7 Å². The van der Waals surface area contributed by atoms with Crippen LogP contribution in [0.3, 0.4) is 0 Å². The molecular weight excluding hydrogens is 300 g/mol. The van der Waals surface area contributed by atoms with Crippen LogP contribution in [-0.2, 0) is 11.3 Å². The van der Waals surface area contributed by atoms with Crippen molar-refractivity contribution >= 4 is 28.4 Å². The van der Waals surface area contributed by atoms with Gasteiger partial charge in [-0.2, -0.15) is 5.10 Å². The van der Waals surface area contributed by atoms with Gasteiger partial charge in [0, 0.05) is 17.8 Å². The molecule has 118 valence electrons. The zero-order valence-electron chi connectivity index (χ0n) is 12.8. The molecule has 0 radical (unpaired) electrons. The minimum Gasteiger partial charge on any atom is -0.353 e. The zero-order valence-corrected chi connectivity index (χ0v) is 13.5. The van der Waals surface area contributed by atoms with Crippen LogP contribution >= 0.6 is 11.6 Å². The Morgan fingerprint density at radius 1 is 1.36 bits per heavy atom. The molecule has 0 spiro atoms. The number of carbonyl (C=O) groups is 1. The minimum absolute atomic E-state index is 0.0882. The maximum atomic E-state index is 12.1.